The van der Waals surface area contributed by atoms with E-state index in [1.165, 1.54) is 0 Å². The predicted octanol–water partition coefficient (Wildman–Crippen LogP) is 1.19. The normalized spacial score (nSPS) is 10.1. The van der Waals surface area contributed by atoms with E-state index < -0.39 is 0 Å². The van der Waals surface area contributed by atoms with E-state index in [-0.39, 0.29) is 0 Å². The second-order valence-corrected chi connectivity index (χ2v) is 3.28. The molecule has 0 aromatic carbocycles. The number of hydrogen-bond acceptors (Lipinski definition) is 3. The molecule has 0 radical (unpaired) electrons. The van der Waals surface area contributed by atoms with Crippen LogP contribution >= 0.6 is 0 Å². The number of carbonyl (C=O) groups excluding carboxylic acids is 1. The van der Waals surface area contributed by atoms with E-state index in [1.807, 2.05) is 19.2 Å². The van der Waals surface area contributed by atoms with E-state index in [2.05, 4.69) is 10.3 Å². The standard InChI is InChI=1S/C11H16N2O/c1-12-6-2-3-11(14)9-10-4-7-13-8-5-10/h4-5,7-8,12H,2-3,6,9H2,1H3. The zero-order valence-electron chi connectivity index (χ0n) is 8.49. The quantitative estimate of drug-likeness (QED) is 0.688. The highest BCUT2D eigenvalue weighted by Gasteiger charge is 2.02. The molecule has 0 aliphatic rings. The second-order valence-electron chi connectivity index (χ2n) is 3.28. The number of hydrogen-bond donors (Lipinski definition) is 1. The fourth-order valence-corrected chi connectivity index (χ4v) is 1.28. The number of pyridine rings is 1. The van der Waals surface area contributed by atoms with Crippen molar-refractivity contribution in [2.24, 2.45) is 0 Å². The van der Waals surface area contributed by atoms with Gasteiger partial charge in [-0.2, -0.15) is 0 Å². The van der Waals surface area contributed by atoms with Crippen LogP contribution in [0.3, 0.4) is 0 Å². The van der Waals surface area contributed by atoms with Crippen molar-refractivity contribution in [2.75, 3.05) is 13.6 Å². The monoisotopic (exact) mass is 192 g/mol. The largest absolute Gasteiger partial charge is 0.320 e. The minimum absolute atomic E-state index is 0.298. The number of Topliss-reactive ketones (excluding diaryl/α,β-unsaturated/α-hetero) is 1. The SMILES string of the molecule is CNCCCC(=O)Cc1ccncc1. The van der Waals surface area contributed by atoms with Crippen molar-refractivity contribution in [1.82, 2.24) is 10.3 Å². The van der Waals surface area contributed by atoms with Gasteiger partial charge in [0.25, 0.3) is 0 Å². The highest BCUT2D eigenvalue weighted by molar-refractivity contribution is 5.80. The topological polar surface area (TPSA) is 42.0 Å². The van der Waals surface area contributed by atoms with Gasteiger partial charge in [-0.3, -0.25) is 9.78 Å². The van der Waals surface area contributed by atoms with Crippen molar-refractivity contribution in [1.29, 1.82) is 0 Å². The first-order valence-corrected chi connectivity index (χ1v) is 4.88. The molecule has 1 heterocycles. The van der Waals surface area contributed by atoms with Gasteiger partial charge >= 0.3 is 0 Å². The van der Waals surface area contributed by atoms with Crippen molar-refractivity contribution in [3.8, 4) is 0 Å². The van der Waals surface area contributed by atoms with E-state index >= 15 is 0 Å². The minimum Gasteiger partial charge on any atom is -0.320 e. The molecule has 0 atom stereocenters. The molecule has 3 heteroatoms. The molecule has 3 nitrogen and oxygen atoms in total. The summed E-state index contributed by atoms with van der Waals surface area (Å²) in [6.45, 7) is 0.905. The van der Waals surface area contributed by atoms with Crippen molar-refractivity contribution in [3.63, 3.8) is 0 Å². The molecule has 0 amide bonds. The van der Waals surface area contributed by atoms with E-state index in [0.717, 1.165) is 18.5 Å². The number of carbonyl (C=O) groups is 1. The third-order valence-electron chi connectivity index (χ3n) is 2.03. The maximum atomic E-state index is 11.4. The van der Waals surface area contributed by atoms with Crippen LogP contribution in [0.2, 0.25) is 0 Å². The van der Waals surface area contributed by atoms with Gasteiger partial charge in [0.1, 0.15) is 5.78 Å². The van der Waals surface area contributed by atoms with Crippen LogP contribution in [0.15, 0.2) is 24.5 Å². The first kappa shape index (κ1) is 10.9. The third kappa shape index (κ3) is 4.14. The lowest BCUT2D eigenvalue weighted by Gasteiger charge is -2.00. The van der Waals surface area contributed by atoms with Crippen LogP contribution in [0.1, 0.15) is 18.4 Å². The van der Waals surface area contributed by atoms with Gasteiger partial charge in [-0.15, -0.1) is 0 Å². The molecule has 1 aromatic heterocycles. The Balaban J connectivity index is 2.27. The number of rotatable bonds is 6. The van der Waals surface area contributed by atoms with Crippen LogP contribution in [-0.4, -0.2) is 24.4 Å². The van der Waals surface area contributed by atoms with E-state index in [9.17, 15) is 4.79 Å². The molecular weight excluding hydrogens is 176 g/mol. The Bertz CT molecular complexity index is 272. The predicted molar refractivity (Wildman–Crippen MR) is 56.1 cm³/mol. The van der Waals surface area contributed by atoms with Gasteiger partial charge in [0.2, 0.25) is 0 Å². The van der Waals surface area contributed by atoms with Gasteiger partial charge < -0.3 is 5.32 Å². The number of nitrogens with zero attached hydrogens (tertiary/aromatic N) is 1. The summed E-state index contributed by atoms with van der Waals surface area (Å²) in [5, 5.41) is 3.02. The summed E-state index contributed by atoms with van der Waals surface area (Å²) in [6.07, 6.45) is 5.54. The second kappa shape index (κ2) is 6.27. The van der Waals surface area contributed by atoms with Gasteiger partial charge in [-0.1, -0.05) is 0 Å². The van der Waals surface area contributed by atoms with E-state index in [4.69, 9.17) is 0 Å². The lowest BCUT2D eigenvalue weighted by atomic mass is 10.1. The Labute approximate surface area is 84.6 Å². The minimum atomic E-state index is 0.298. The van der Waals surface area contributed by atoms with Gasteiger partial charge in [-0.25, -0.2) is 0 Å². The van der Waals surface area contributed by atoms with Gasteiger partial charge in [-0.05, 0) is 37.7 Å². The van der Waals surface area contributed by atoms with Crippen molar-refractivity contribution in [3.05, 3.63) is 30.1 Å². The van der Waals surface area contributed by atoms with Gasteiger partial charge in [0, 0.05) is 25.2 Å². The highest BCUT2D eigenvalue weighted by atomic mass is 16.1. The van der Waals surface area contributed by atoms with Crippen LogP contribution < -0.4 is 5.32 Å². The summed E-state index contributed by atoms with van der Waals surface area (Å²) in [4.78, 5) is 15.3. The fraction of sp³-hybridized carbons (Fsp3) is 0.455. The fourth-order valence-electron chi connectivity index (χ4n) is 1.28. The summed E-state index contributed by atoms with van der Waals surface area (Å²) in [5.74, 6) is 0.298. The Morgan fingerprint density at radius 1 is 1.43 bits per heavy atom. The molecule has 0 bridgehead atoms. The molecule has 0 fully saturated rings. The average molecular weight is 192 g/mol. The average Bonchev–Trinajstić information content (AvgIpc) is 2.20. The number of nitrogens with one attached hydrogen (secondary N) is 1. The lowest BCUT2D eigenvalue weighted by molar-refractivity contribution is -0.118. The number of aromatic nitrogens is 1. The lowest BCUT2D eigenvalue weighted by Crippen LogP contribution is -2.11. The van der Waals surface area contributed by atoms with Crippen LogP contribution in [0.25, 0.3) is 0 Å². The molecule has 14 heavy (non-hydrogen) atoms. The molecule has 1 aromatic rings. The number of ketones is 1. The summed E-state index contributed by atoms with van der Waals surface area (Å²) < 4.78 is 0. The Kier molecular flexibility index (Phi) is 4.86. The van der Waals surface area contributed by atoms with Gasteiger partial charge in [0.15, 0.2) is 0 Å². The summed E-state index contributed by atoms with van der Waals surface area (Å²) >= 11 is 0. The van der Waals surface area contributed by atoms with Crippen molar-refractivity contribution >= 4 is 5.78 Å². The van der Waals surface area contributed by atoms with Crippen molar-refractivity contribution < 1.29 is 4.79 Å². The molecule has 0 unspecified atom stereocenters. The Morgan fingerprint density at radius 2 is 2.14 bits per heavy atom. The molecule has 1 N–H and O–H groups in total. The van der Waals surface area contributed by atoms with E-state index in [0.29, 0.717) is 18.6 Å². The zero-order chi connectivity index (χ0) is 10.2. The molecule has 0 saturated heterocycles. The summed E-state index contributed by atoms with van der Waals surface area (Å²) in [7, 11) is 1.90. The molecule has 1 rings (SSSR count). The van der Waals surface area contributed by atoms with Crippen LogP contribution in [0.5, 0.6) is 0 Å². The van der Waals surface area contributed by atoms with Gasteiger partial charge in [0.05, 0.1) is 0 Å². The molecule has 0 aliphatic heterocycles. The van der Waals surface area contributed by atoms with Crippen molar-refractivity contribution in [2.45, 2.75) is 19.3 Å². The van der Waals surface area contributed by atoms with Crippen LogP contribution in [0, 0.1) is 0 Å². The first-order valence-electron chi connectivity index (χ1n) is 4.88. The molecule has 0 saturated carbocycles. The Morgan fingerprint density at radius 3 is 2.79 bits per heavy atom. The molecular formula is C11H16N2O. The Hall–Kier alpha value is -1.22. The maximum absolute atomic E-state index is 11.4. The summed E-state index contributed by atoms with van der Waals surface area (Å²) in [5.41, 5.74) is 1.05. The highest BCUT2D eigenvalue weighted by Crippen LogP contribution is 2.01. The zero-order valence-corrected chi connectivity index (χ0v) is 8.49. The molecule has 0 spiro atoms. The smallest absolute Gasteiger partial charge is 0.137 e. The summed E-state index contributed by atoms with van der Waals surface area (Å²) in [6, 6.07) is 3.77. The van der Waals surface area contributed by atoms with Crippen LogP contribution in [0.4, 0.5) is 0 Å². The maximum Gasteiger partial charge on any atom is 0.137 e. The molecule has 76 valence electrons. The third-order valence-corrected chi connectivity index (χ3v) is 2.03. The first-order chi connectivity index (χ1) is 6.83. The van der Waals surface area contributed by atoms with Crippen LogP contribution in [-0.2, 0) is 11.2 Å². The van der Waals surface area contributed by atoms with E-state index in [1.54, 1.807) is 12.4 Å². The molecule has 0 aliphatic carbocycles.